The molecule has 1 aliphatic carbocycles. The summed E-state index contributed by atoms with van der Waals surface area (Å²) in [5, 5.41) is 9.45. The van der Waals surface area contributed by atoms with Crippen LogP contribution < -0.4 is 0 Å². The second-order valence-corrected chi connectivity index (χ2v) is 8.05. The molecule has 4 aliphatic rings. The van der Waals surface area contributed by atoms with Gasteiger partial charge < -0.3 is 24.1 Å². The number of carbonyl (C=O) groups is 4. The first-order chi connectivity index (χ1) is 13.2. The van der Waals surface area contributed by atoms with Crippen LogP contribution in [0.4, 0.5) is 0 Å². The maximum Gasteiger partial charge on any atom is 0.333 e. The minimum atomic E-state index is -1.18. The molecule has 3 heterocycles. The second-order valence-electron chi connectivity index (χ2n) is 8.05. The van der Waals surface area contributed by atoms with Gasteiger partial charge in [0, 0.05) is 5.57 Å². The van der Waals surface area contributed by atoms with Crippen molar-refractivity contribution in [3.05, 3.63) is 12.2 Å². The normalized spacial score (nSPS) is 36.8. The topological polar surface area (TPSA) is 125 Å². The summed E-state index contributed by atoms with van der Waals surface area (Å²) in [5.41, 5.74) is -0.707. The second kappa shape index (κ2) is 6.58. The molecule has 9 nitrogen and oxygen atoms in total. The van der Waals surface area contributed by atoms with Gasteiger partial charge in [0.15, 0.2) is 12.2 Å². The third kappa shape index (κ3) is 2.88. The van der Waals surface area contributed by atoms with Gasteiger partial charge in [-0.25, -0.2) is 4.79 Å². The van der Waals surface area contributed by atoms with Crippen molar-refractivity contribution in [3.63, 3.8) is 0 Å². The molecule has 0 aromatic heterocycles. The minimum absolute atomic E-state index is 0.151. The molecule has 6 unspecified atom stereocenters. The molecule has 0 spiro atoms. The monoisotopic (exact) mass is 394 g/mol. The summed E-state index contributed by atoms with van der Waals surface area (Å²) in [5.74, 6) is -4.97. The van der Waals surface area contributed by atoms with E-state index in [1.165, 1.54) is 6.92 Å². The number of fused-ring (bicyclic) bond motifs is 1. The maximum absolute atomic E-state index is 12.6. The van der Waals surface area contributed by atoms with Crippen LogP contribution in [-0.2, 0) is 38.1 Å². The Hall–Kier alpha value is -2.42. The van der Waals surface area contributed by atoms with Gasteiger partial charge in [-0.2, -0.15) is 0 Å². The lowest BCUT2D eigenvalue weighted by Gasteiger charge is -2.30. The predicted octanol–water partition coefficient (Wildman–Crippen LogP) is 0.744. The molecule has 4 rings (SSSR count). The van der Waals surface area contributed by atoms with Crippen LogP contribution in [0.25, 0.3) is 0 Å². The van der Waals surface area contributed by atoms with E-state index in [0.29, 0.717) is 12.8 Å². The fraction of sp³-hybridized carbons (Fsp3) is 0.684. The number of hydrogen-bond acceptors (Lipinski definition) is 8. The van der Waals surface area contributed by atoms with Crippen LogP contribution in [0.15, 0.2) is 12.2 Å². The molecule has 0 amide bonds. The summed E-state index contributed by atoms with van der Waals surface area (Å²) in [6, 6.07) is 0. The van der Waals surface area contributed by atoms with Crippen molar-refractivity contribution < 1.29 is 43.2 Å². The van der Waals surface area contributed by atoms with Gasteiger partial charge in [0.05, 0.1) is 6.42 Å². The Morgan fingerprint density at radius 1 is 1.21 bits per heavy atom. The van der Waals surface area contributed by atoms with Gasteiger partial charge in [0.1, 0.15) is 29.6 Å². The van der Waals surface area contributed by atoms with Gasteiger partial charge >= 0.3 is 23.9 Å². The van der Waals surface area contributed by atoms with Gasteiger partial charge in [0.25, 0.3) is 0 Å². The van der Waals surface area contributed by atoms with Gasteiger partial charge in [-0.3, -0.25) is 14.4 Å². The fourth-order valence-corrected chi connectivity index (χ4v) is 4.83. The summed E-state index contributed by atoms with van der Waals surface area (Å²) in [7, 11) is 0. The Labute approximate surface area is 160 Å². The number of esters is 3. The summed E-state index contributed by atoms with van der Waals surface area (Å²) in [6.45, 7) is 5.10. The molecule has 0 aromatic rings. The first-order valence-electron chi connectivity index (χ1n) is 9.39. The molecular formula is C19H22O9. The van der Waals surface area contributed by atoms with E-state index in [0.717, 1.165) is 12.8 Å². The molecule has 28 heavy (non-hydrogen) atoms. The third-order valence-corrected chi connectivity index (χ3v) is 6.10. The lowest BCUT2D eigenvalue weighted by atomic mass is 9.78. The third-order valence-electron chi connectivity index (χ3n) is 6.10. The summed E-state index contributed by atoms with van der Waals surface area (Å²) in [4.78, 5) is 48.2. The average molecular weight is 394 g/mol. The highest BCUT2D eigenvalue weighted by molar-refractivity contribution is 5.88. The number of rotatable bonds is 6. The number of hydrogen-bond donors (Lipinski definition) is 1. The van der Waals surface area contributed by atoms with Crippen LogP contribution in [-0.4, -0.2) is 59.0 Å². The summed E-state index contributed by atoms with van der Waals surface area (Å²) in [6.07, 6.45) is -0.853. The highest BCUT2D eigenvalue weighted by atomic mass is 16.7. The van der Waals surface area contributed by atoms with Crippen molar-refractivity contribution in [1.82, 2.24) is 0 Å². The molecule has 1 saturated carbocycles. The van der Waals surface area contributed by atoms with Crippen LogP contribution in [0.2, 0.25) is 0 Å². The number of carboxylic acid groups (broad SMARTS) is 1. The van der Waals surface area contributed by atoms with Crippen LogP contribution in [0, 0.1) is 11.8 Å². The zero-order valence-corrected chi connectivity index (χ0v) is 15.4. The van der Waals surface area contributed by atoms with Gasteiger partial charge in [-0.1, -0.05) is 6.58 Å². The molecule has 3 aliphatic heterocycles. The van der Waals surface area contributed by atoms with Crippen molar-refractivity contribution in [2.75, 3.05) is 0 Å². The molecule has 0 radical (unpaired) electrons. The van der Waals surface area contributed by atoms with E-state index in [1.54, 1.807) is 0 Å². The molecule has 2 bridgehead atoms. The van der Waals surface area contributed by atoms with E-state index in [2.05, 4.69) is 6.58 Å². The summed E-state index contributed by atoms with van der Waals surface area (Å²) >= 11 is 0. The zero-order valence-electron chi connectivity index (χ0n) is 15.4. The molecule has 4 fully saturated rings. The Balaban J connectivity index is 1.46. The SMILES string of the molecule is C=C(C)C(=O)OC1(CC(=O)OC2C3OC(=O)C4C3OC2C4C(=O)O)CCCC1. The molecule has 6 atom stereocenters. The summed E-state index contributed by atoms with van der Waals surface area (Å²) < 4.78 is 21.9. The standard InChI is InChI=1S/C19H22O9/c1-8(2)17(23)28-19(5-3-4-6-19)7-9(20)25-14-12-10(16(21)22)11-13(26-12)15(14)27-18(11)24/h10-15H,1,3-7H2,2H3,(H,21,22). The van der Waals surface area contributed by atoms with E-state index in [-0.39, 0.29) is 12.0 Å². The Kier molecular flexibility index (Phi) is 4.45. The fourth-order valence-electron chi connectivity index (χ4n) is 4.83. The van der Waals surface area contributed by atoms with Crippen LogP contribution in [0.3, 0.4) is 0 Å². The molecule has 9 heteroatoms. The lowest BCUT2D eigenvalue weighted by molar-refractivity contribution is -0.172. The average Bonchev–Trinajstić information content (AvgIpc) is 3.32. The van der Waals surface area contributed by atoms with Crippen molar-refractivity contribution in [2.24, 2.45) is 11.8 Å². The van der Waals surface area contributed by atoms with Gasteiger partial charge in [-0.05, 0) is 32.6 Å². The van der Waals surface area contributed by atoms with Crippen LogP contribution >= 0.6 is 0 Å². The van der Waals surface area contributed by atoms with E-state index >= 15 is 0 Å². The highest BCUT2D eigenvalue weighted by Gasteiger charge is 2.71. The minimum Gasteiger partial charge on any atom is -0.481 e. The van der Waals surface area contributed by atoms with Crippen LogP contribution in [0.5, 0.6) is 0 Å². The van der Waals surface area contributed by atoms with E-state index in [9.17, 15) is 24.3 Å². The molecular weight excluding hydrogens is 372 g/mol. The largest absolute Gasteiger partial charge is 0.481 e. The zero-order chi connectivity index (χ0) is 20.2. The Morgan fingerprint density at radius 3 is 2.50 bits per heavy atom. The quantitative estimate of drug-likeness (QED) is 0.394. The molecule has 3 saturated heterocycles. The molecule has 0 aromatic carbocycles. The molecule has 1 N–H and O–H groups in total. The number of aliphatic carboxylic acids is 1. The van der Waals surface area contributed by atoms with E-state index in [1.807, 2.05) is 0 Å². The van der Waals surface area contributed by atoms with Crippen molar-refractivity contribution in [1.29, 1.82) is 0 Å². The number of ether oxygens (including phenoxy) is 4. The molecule has 152 valence electrons. The van der Waals surface area contributed by atoms with Gasteiger partial charge in [-0.15, -0.1) is 0 Å². The lowest BCUT2D eigenvalue weighted by Crippen LogP contribution is -2.48. The predicted molar refractivity (Wildman–Crippen MR) is 89.8 cm³/mol. The maximum atomic E-state index is 12.6. The Morgan fingerprint density at radius 2 is 1.89 bits per heavy atom. The van der Waals surface area contributed by atoms with E-state index in [4.69, 9.17) is 18.9 Å². The Bertz CT molecular complexity index is 751. The smallest absolute Gasteiger partial charge is 0.333 e. The van der Waals surface area contributed by atoms with Crippen molar-refractivity contribution >= 4 is 23.9 Å². The number of carboxylic acids is 1. The van der Waals surface area contributed by atoms with E-state index < -0.39 is 65.7 Å². The van der Waals surface area contributed by atoms with Crippen molar-refractivity contribution in [3.8, 4) is 0 Å². The first-order valence-corrected chi connectivity index (χ1v) is 9.39. The first kappa shape index (κ1) is 18.9. The van der Waals surface area contributed by atoms with Crippen molar-refractivity contribution in [2.45, 2.75) is 69.0 Å². The van der Waals surface area contributed by atoms with Gasteiger partial charge in [0.2, 0.25) is 0 Å². The highest BCUT2D eigenvalue weighted by Crippen LogP contribution is 2.51. The number of carbonyl (C=O) groups excluding carboxylic acids is 3. The van der Waals surface area contributed by atoms with Crippen LogP contribution in [0.1, 0.15) is 39.0 Å².